The van der Waals surface area contributed by atoms with E-state index in [0.29, 0.717) is 5.56 Å². The van der Waals surface area contributed by atoms with Crippen molar-refractivity contribution in [3.05, 3.63) is 53.3 Å². The van der Waals surface area contributed by atoms with Gasteiger partial charge in [-0.05, 0) is 30.3 Å². The molecule has 0 fully saturated rings. The molecule has 0 atom stereocenters. The number of aromatic nitrogens is 1. The summed E-state index contributed by atoms with van der Waals surface area (Å²) in [5.74, 6) is 5.16. The number of nitrogens with zero attached hydrogens (tertiary/aromatic N) is 1. The fraction of sp³-hybridized carbons (Fsp3) is 0.0714. The number of pyridine rings is 1. The summed E-state index contributed by atoms with van der Waals surface area (Å²) in [5, 5.41) is 8.92. The number of sulfonamides is 1. The van der Waals surface area contributed by atoms with Gasteiger partial charge in [0, 0.05) is 18.0 Å². The lowest BCUT2D eigenvalue weighted by Gasteiger charge is -2.09. The van der Waals surface area contributed by atoms with Gasteiger partial charge in [0.05, 0.1) is 10.7 Å². The third-order valence-electron chi connectivity index (χ3n) is 2.47. The van der Waals surface area contributed by atoms with E-state index in [2.05, 4.69) is 21.5 Å². The lowest BCUT2D eigenvalue weighted by molar-refractivity contribution is 0.350. The van der Waals surface area contributed by atoms with E-state index in [1.54, 1.807) is 6.07 Å². The van der Waals surface area contributed by atoms with Crippen LogP contribution in [0, 0.1) is 11.8 Å². The molecule has 0 saturated carbocycles. The van der Waals surface area contributed by atoms with Crippen LogP contribution in [0.3, 0.4) is 0 Å². The molecule has 0 amide bonds. The van der Waals surface area contributed by atoms with Crippen molar-refractivity contribution in [2.45, 2.75) is 4.90 Å². The van der Waals surface area contributed by atoms with Crippen LogP contribution in [0.4, 0.5) is 5.69 Å². The van der Waals surface area contributed by atoms with Crippen LogP contribution >= 0.6 is 11.6 Å². The molecule has 1 aromatic heterocycles. The van der Waals surface area contributed by atoms with E-state index in [9.17, 15) is 8.42 Å². The van der Waals surface area contributed by atoms with Gasteiger partial charge in [-0.2, -0.15) is 0 Å². The number of anilines is 1. The van der Waals surface area contributed by atoms with Crippen molar-refractivity contribution in [3.63, 3.8) is 0 Å². The Morgan fingerprint density at radius 2 is 2.14 bits per heavy atom. The molecule has 0 aliphatic rings. The van der Waals surface area contributed by atoms with Crippen LogP contribution in [0.15, 0.2) is 47.6 Å². The van der Waals surface area contributed by atoms with E-state index in [4.69, 9.17) is 16.7 Å². The molecule has 0 unspecified atom stereocenters. The number of rotatable bonds is 3. The normalized spacial score (nSPS) is 10.6. The van der Waals surface area contributed by atoms with Gasteiger partial charge < -0.3 is 5.11 Å². The molecule has 7 heteroatoms. The van der Waals surface area contributed by atoms with Gasteiger partial charge in [0.15, 0.2) is 0 Å². The zero-order chi connectivity index (χ0) is 15.3. The number of nitrogens with one attached hydrogen (secondary N) is 1. The highest BCUT2D eigenvalue weighted by Gasteiger charge is 2.15. The Labute approximate surface area is 127 Å². The van der Waals surface area contributed by atoms with Gasteiger partial charge in [0.2, 0.25) is 0 Å². The quantitative estimate of drug-likeness (QED) is 0.846. The predicted octanol–water partition coefficient (Wildman–Crippen LogP) is 1.88. The Kier molecular flexibility index (Phi) is 4.81. The van der Waals surface area contributed by atoms with Gasteiger partial charge >= 0.3 is 0 Å². The van der Waals surface area contributed by atoms with Gasteiger partial charge in [-0.25, -0.2) is 8.42 Å². The standard InChI is InChI=1S/C14H11ClN2O3S/c15-13-6-5-11(3-2-8-18)9-14(13)17-21(19,20)12-4-1-7-16-10-12/h1,4-7,9-10,17-18H,8H2. The summed E-state index contributed by atoms with van der Waals surface area (Å²) >= 11 is 5.98. The maximum atomic E-state index is 12.2. The van der Waals surface area contributed by atoms with Crippen molar-refractivity contribution in [2.24, 2.45) is 0 Å². The first-order valence-corrected chi connectivity index (χ1v) is 7.71. The molecule has 1 aromatic carbocycles. The Hall–Kier alpha value is -2.07. The summed E-state index contributed by atoms with van der Waals surface area (Å²) in [7, 11) is -3.77. The second-order valence-electron chi connectivity index (χ2n) is 3.95. The van der Waals surface area contributed by atoms with E-state index in [0.717, 1.165) is 0 Å². The number of aliphatic hydroxyl groups excluding tert-OH is 1. The number of aliphatic hydroxyl groups is 1. The van der Waals surface area contributed by atoms with E-state index in [1.165, 1.54) is 36.7 Å². The minimum Gasteiger partial charge on any atom is -0.384 e. The summed E-state index contributed by atoms with van der Waals surface area (Å²) in [6.07, 6.45) is 2.72. The van der Waals surface area contributed by atoms with Gasteiger partial charge in [0.1, 0.15) is 11.5 Å². The van der Waals surface area contributed by atoms with E-state index < -0.39 is 10.0 Å². The minimum absolute atomic E-state index is 0.0351. The van der Waals surface area contributed by atoms with Crippen LogP contribution < -0.4 is 4.72 Å². The lowest BCUT2D eigenvalue weighted by Crippen LogP contribution is -2.13. The monoisotopic (exact) mass is 322 g/mol. The third-order valence-corrected chi connectivity index (χ3v) is 4.15. The first kappa shape index (κ1) is 15.3. The molecule has 0 radical (unpaired) electrons. The number of hydrogen-bond acceptors (Lipinski definition) is 4. The molecule has 0 saturated heterocycles. The number of halogens is 1. The second-order valence-corrected chi connectivity index (χ2v) is 6.04. The van der Waals surface area contributed by atoms with E-state index in [1.807, 2.05) is 0 Å². The zero-order valence-electron chi connectivity index (χ0n) is 10.7. The summed E-state index contributed by atoms with van der Waals surface area (Å²) in [6.45, 7) is -0.278. The van der Waals surface area contributed by atoms with E-state index in [-0.39, 0.29) is 22.2 Å². The maximum Gasteiger partial charge on any atom is 0.263 e. The van der Waals surface area contributed by atoms with Crippen LogP contribution in [-0.2, 0) is 10.0 Å². The molecule has 5 nitrogen and oxygen atoms in total. The first-order valence-electron chi connectivity index (χ1n) is 5.85. The first-order chi connectivity index (χ1) is 10.0. The number of hydrogen-bond donors (Lipinski definition) is 2. The minimum atomic E-state index is -3.77. The van der Waals surface area contributed by atoms with Crippen molar-refractivity contribution < 1.29 is 13.5 Å². The highest BCUT2D eigenvalue weighted by molar-refractivity contribution is 7.92. The molecule has 1 heterocycles. The van der Waals surface area contributed by atoms with Crippen LogP contribution in [0.2, 0.25) is 5.02 Å². The fourth-order valence-electron chi connectivity index (χ4n) is 1.53. The molecule has 0 aliphatic heterocycles. The molecular formula is C14H11ClN2O3S. The van der Waals surface area contributed by atoms with Gasteiger partial charge in [-0.3, -0.25) is 9.71 Å². The Bertz CT molecular complexity index is 796. The fourth-order valence-corrected chi connectivity index (χ4v) is 2.79. The third kappa shape index (κ3) is 3.95. The van der Waals surface area contributed by atoms with Crippen LogP contribution in [0.1, 0.15) is 5.56 Å². The second kappa shape index (κ2) is 6.59. The average Bonchev–Trinajstić information content (AvgIpc) is 2.49. The van der Waals surface area contributed by atoms with Crippen molar-refractivity contribution >= 4 is 27.3 Å². The number of benzene rings is 1. The molecule has 0 aliphatic carbocycles. The highest BCUT2D eigenvalue weighted by Crippen LogP contribution is 2.25. The predicted molar refractivity (Wildman–Crippen MR) is 80.5 cm³/mol. The molecule has 2 aromatic rings. The zero-order valence-corrected chi connectivity index (χ0v) is 12.3. The molecule has 0 spiro atoms. The lowest BCUT2D eigenvalue weighted by atomic mass is 10.2. The Balaban J connectivity index is 2.35. The molecule has 2 N–H and O–H groups in total. The van der Waals surface area contributed by atoms with Crippen molar-refractivity contribution in [1.82, 2.24) is 4.98 Å². The molecule has 0 bridgehead atoms. The summed E-state index contributed by atoms with van der Waals surface area (Å²) in [4.78, 5) is 3.81. The van der Waals surface area contributed by atoms with Gasteiger partial charge in [0.25, 0.3) is 10.0 Å². The largest absolute Gasteiger partial charge is 0.384 e. The Morgan fingerprint density at radius 3 is 2.81 bits per heavy atom. The highest BCUT2D eigenvalue weighted by atomic mass is 35.5. The summed E-state index contributed by atoms with van der Waals surface area (Å²) < 4.78 is 26.8. The van der Waals surface area contributed by atoms with Crippen molar-refractivity contribution in [2.75, 3.05) is 11.3 Å². The average molecular weight is 323 g/mol. The molecule has 108 valence electrons. The topological polar surface area (TPSA) is 79.3 Å². The van der Waals surface area contributed by atoms with Gasteiger partial charge in [-0.1, -0.05) is 23.4 Å². The van der Waals surface area contributed by atoms with Gasteiger partial charge in [-0.15, -0.1) is 0 Å². The SMILES string of the molecule is O=S(=O)(Nc1cc(C#CCO)ccc1Cl)c1cccnc1. The maximum absolute atomic E-state index is 12.2. The summed E-state index contributed by atoms with van der Waals surface area (Å²) in [6, 6.07) is 7.62. The van der Waals surface area contributed by atoms with Crippen LogP contribution in [0.25, 0.3) is 0 Å². The molecule has 2 rings (SSSR count). The smallest absolute Gasteiger partial charge is 0.263 e. The molecule has 21 heavy (non-hydrogen) atoms. The van der Waals surface area contributed by atoms with E-state index >= 15 is 0 Å². The Morgan fingerprint density at radius 1 is 1.33 bits per heavy atom. The van der Waals surface area contributed by atoms with Crippen molar-refractivity contribution in [1.29, 1.82) is 0 Å². The van der Waals surface area contributed by atoms with Crippen LogP contribution in [-0.4, -0.2) is 25.1 Å². The van der Waals surface area contributed by atoms with Crippen LogP contribution in [0.5, 0.6) is 0 Å². The summed E-state index contributed by atoms with van der Waals surface area (Å²) in [5.41, 5.74) is 0.752. The van der Waals surface area contributed by atoms with Crippen molar-refractivity contribution in [3.8, 4) is 11.8 Å². The molecular weight excluding hydrogens is 312 g/mol.